The molecule has 2 aromatic heterocycles. The average molecular weight is 135 g/mol. The van der Waals surface area contributed by atoms with Gasteiger partial charge in [0.25, 0.3) is 0 Å². The zero-order chi connectivity index (χ0) is 6.97. The number of aromatic hydroxyl groups is 1. The van der Waals surface area contributed by atoms with E-state index < -0.39 is 0 Å². The van der Waals surface area contributed by atoms with Gasteiger partial charge in [0.05, 0.1) is 0 Å². The summed E-state index contributed by atoms with van der Waals surface area (Å²) < 4.78 is 1.65. The van der Waals surface area contributed by atoms with E-state index in [4.69, 9.17) is 5.11 Å². The van der Waals surface area contributed by atoms with Crippen molar-refractivity contribution in [2.45, 2.75) is 0 Å². The molecule has 0 unspecified atom stereocenters. The van der Waals surface area contributed by atoms with E-state index >= 15 is 0 Å². The zero-order valence-corrected chi connectivity index (χ0v) is 5.10. The predicted molar refractivity (Wildman–Crippen MR) is 34.7 cm³/mol. The van der Waals surface area contributed by atoms with Crippen LogP contribution in [0.2, 0.25) is 0 Å². The van der Waals surface area contributed by atoms with Gasteiger partial charge >= 0.3 is 0 Å². The molecule has 0 radical (unpaired) electrons. The van der Waals surface area contributed by atoms with Crippen molar-refractivity contribution in [1.82, 2.24) is 14.4 Å². The smallest absolute Gasteiger partial charge is 0.182 e. The number of rotatable bonds is 0. The lowest BCUT2D eigenvalue weighted by atomic mass is 10.6. The number of hydrogen-bond donors (Lipinski definition) is 1. The molecule has 0 bridgehead atoms. The Hall–Kier alpha value is -1.58. The summed E-state index contributed by atoms with van der Waals surface area (Å²) in [5.74, 6) is 0.183. The van der Waals surface area contributed by atoms with Crippen LogP contribution in [0.1, 0.15) is 0 Å². The molecule has 0 saturated heterocycles. The van der Waals surface area contributed by atoms with Crippen molar-refractivity contribution in [2.75, 3.05) is 0 Å². The Morgan fingerprint density at radius 3 is 3.20 bits per heavy atom. The summed E-state index contributed by atoms with van der Waals surface area (Å²) in [5.41, 5.74) is 0.537. The monoisotopic (exact) mass is 135 g/mol. The maximum Gasteiger partial charge on any atom is 0.182 e. The van der Waals surface area contributed by atoms with E-state index in [1.54, 1.807) is 23.0 Å². The fourth-order valence-electron chi connectivity index (χ4n) is 0.844. The fraction of sp³-hybridized carbons (Fsp3) is 0. The minimum atomic E-state index is 0.183. The van der Waals surface area contributed by atoms with Gasteiger partial charge in [-0.1, -0.05) is 0 Å². The lowest BCUT2D eigenvalue weighted by Crippen LogP contribution is -1.85. The highest BCUT2D eigenvalue weighted by atomic mass is 16.3. The van der Waals surface area contributed by atoms with Gasteiger partial charge in [0.15, 0.2) is 11.4 Å². The van der Waals surface area contributed by atoms with Crippen molar-refractivity contribution in [3.63, 3.8) is 0 Å². The van der Waals surface area contributed by atoms with Crippen LogP contribution < -0.4 is 0 Å². The Kier molecular flexibility index (Phi) is 0.887. The molecule has 0 aromatic carbocycles. The van der Waals surface area contributed by atoms with Crippen molar-refractivity contribution >= 4 is 5.65 Å². The number of hydrogen-bond acceptors (Lipinski definition) is 3. The van der Waals surface area contributed by atoms with E-state index in [0.29, 0.717) is 5.65 Å². The van der Waals surface area contributed by atoms with Crippen LogP contribution in [0.25, 0.3) is 5.65 Å². The maximum absolute atomic E-state index is 9.10. The van der Waals surface area contributed by atoms with Gasteiger partial charge in [-0.3, -0.25) is 4.40 Å². The summed E-state index contributed by atoms with van der Waals surface area (Å²) in [5, 5.41) is 9.10. The van der Waals surface area contributed by atoms with Crippen LogP contribution in [-0.2, 0) is 0 Å². The van der Waals surface area contributed by atoms with E-state index in [0.717, 1.165) is 0 Å². The Balaban J connectivity index is 2.93. The molecule has 2 rings (SSSR count). The first-order valence-electron chi connectivity index (χ1n) is 2.83. The summed E-state index contributed by atoms with van der Waals surface area (Å²) >= 11 is 0. The molecule has 0 saturated carbocycles. The summed E-state index contributed by atoms with van der Waals surface area (Å²) in [6, 6.07) is 1.57. The van der Waals surface area contributed by atoms with Crippen LogP contribution in [0, 0.1) is 0 Å². The molecule has 50 valence electrons. The molecule has 0 fully saturated rings. The van der Waals surface area contributed by atoms with E-state index in [1.807, 2.05) is 0 Å². The molecule has 1 N–H and O–H groups in total. The Labute approximate surface area is 56.8 Å². The molecule has 0 amide bonds. The maximum atomic E-state index is 9.10. The molecule has 4 heteroatoms. The van der Waals surface area contributed by atoms with Gasteiger partial charge < -0.3 is 5.11 Å². The molecule has 0 spiro atoms. The SMILES string of the molecule is Oc1ccn2cncnc12. The molecule has 0 aliphatic carbocycles. The number of nitrogens with zero attached hydrogens (tertiary/aromatic N) is 3. The molecule has 0 aliphatic heterocycles. The molecule has 4 nitrogen and oxygen atoms in total. The van der Waals surface area contributed by atoms with Gasteiger partial charge in [0.2, 0.25) is 0 Å². The Morgan fingerprint density at radius 2 is 2.40 bits per heavy atom. The molecular weight excluding hydrogens is 130 g/mol. The summed E-state index contributed by atoms with van der Waals surface area (Å²) in [7, 11) is 0. The normalized spacial score (nSPS) is 10.4. The standard InChI is InChI=1S/C6H5N3O/c10-5-1-2-9-4-7-3-8-6(5)9/h1-4,10H. The second-order valence-corrected chi connectivity index (χ2v) is 1.94. The zero-order valence-electron chi connectivity index (χ0n) is 5.10. The van der Waals surface area contributed by atoms with Gasteiger partial charge in [0, 0.05) is 12.3 Å². The lowest BCUT2D eigenvalue weighted by Gasteiger charge is -1.89. The molecule has 2 aromatic rings. The third kappa shape index (κ3) is 0.556. The van der Waals surface area contributed by atoms with Crippen LogP contribution in [0.3, 0.4) is 0 Å². The quantitative estimate of drug-likeness (QED) is 0.570. The largest absolute Gasteiger partial charge is 0.504 e. The molecular formula is C6H5N3O. The summed E-state index contributed by atoms with van der Waals surface area (Å²) in [4.78, 5) is 7.61. The van der Waals surface area contributed by atoms with Gasteiger partial charge in [-0.2, -0.15) is 0 Å². The minimum Gasteiger partial charge on any atom is -0.504 e. The van der Waals surface area contributed by atoms with Gasteiger partial charge in [-0.15, -0.1) is 0 Å². The highest BCUT2D eigenvalue weighted by Crippen LogP contribution is 2.14. The minimum absolute atomic E-state index is 0.183. The third-order valence-electron chi connectivity index (χ3n) is 1.30. The summed E-state index contributed by atoms with van der Waals surface area (Å²) in [6.07, 6.45) is 4.68. The van der Waals surface area contributed by atoms with Crippen molar-refractivity contribution < 1.29 is 5.11 Å². The van der Waals surface area contributed by atoms with Crippen LogP contribution in [0.4, 0.5) is 0 Å². The van der Waals surface area contributed by atoms with Crippen molar-refractivity contribution in [1.29, 1.82) is 0 Å². The first-order valence-corrected chi connectivity index (χ1v) is 2.83. The second kappa shape index (κ2) is 1.70. The summed E-state index contributed by atoms with van der Waals surface area (Å²) in [6.45, 7) is 0. The topological polar surface area (TPSA) is 50.4 Å². The molecule has 2 heterocycles. The van der Waals surface area contributed by atoms with E-state index in [-0.39, 0.29) is 5.75 Å². The molecule has 0 aliphatic rings. The van der Waals surface area contributed by atoms with Crippen LogP contribution in [0.15, 0.2) is 24.9 Å². The van der Waals surface area contributed by atoms with E-state index in [9.17, 15) is 0 Å². The van der Waals surface area contributed by atoms with Crippen molar-refractivity contribution in [2.24, 2.45) is 0 Å². The van der Waals surface area contributed by atoms with Crippen LogP contribution in [-0.4, -0.2) is 19.5 Å². The Bertz CT molecular complexity index is 355. The third-order valence-corrected chi connectivity index (χ3v) is 1.30. The number of fused-ring (bicyclic) bond motifs is 1. The van der Waals surface area contributed by atoms with Gasteiger partial charge in [0.1, 0.15) is 12.7 Å². The van der Waals surface area contributed by atoms with Crippen LogP contribution >= 0.6 is 0 Å². The van der Waals surface area contributed by atoms with E-state index in [1.165, 1.54) is 6.33 Å². The fourth-order valence-corrected chi connectivity index (χ4v) is 0.844. The lowest BCUT2D eigenvalue weighted by molar-refractivity contribution is 0.480. The van der Waals surface area contributed by atoms with Gasteiger partial charge in [-0.05, 0) is 0 Å². The van der Waals surface area contributed by atoms with Gasteiger partial charge in [-0.25, -0.2) is 9.97 Å². The highest BCUT2D eigenvalue weighted by Gasteiger charge is 1.97. The first-order chi connectivity index (χ1) is 4.88. The molecule has 0 atom stereocenters. The molecule has 10 heavy (non-hydrogen) atoms. The van der Waals surface area contributed by atoms with Crippen molar-refractivity contribution in [3.8, 4) is 5.75 Å². The number of aromatic nitrogens is 3. The van der Waals surface area contributed by atoms with E-state index in [2.05, 4.69) is 9.97 Å². The average Bonchev–Trinajstić information content (AvgIpc) is 2.34. The first kappa shape index (κ1) is 5.22. The van der Waals surface area contributed by atoms with Crippen molar-refractivity contribution in [3.05, 3.63) is 24.9 Å². The Morgan fingerprint density at radius 1 is 1.50 bits per heavy atom. The predicted octanol–water partition coefficient (Wildman–Crippen LogP) is 0.435. The van der Waals surface area contributed by atoms with Crippen LogP contribution in [0.5, 0.6) is 5.75 Å². The second-order valence-electron chi connectivity index (χ2n) is 1.94. The highest BCUT2D eigenvalue weighted by molar-refractivity contribution is 5.52.